The van der Waals surface area contributed by atoms with Crippen molar-refractivity contribution in [2.45, 2.75) is 18.8 Å². The Labute approximate surface area is 111 Å². The first-order valence-electron chi connectivity index (χ1n) is 5.62. The zero-order valence-corrected chi connectivity index (χ0v) is 10.0. The van der Waals surface area contributed by atoms with Crippen LogP contribution in [0.1, 0.15) is 6.42 Å². The lowest BCUT2D eigenvalue weighted by molar-refractivity contribution is -0.274. The molecule has 20 heavy (non-hydrogen) atoms. The maximum absolute atomic E-state index is 12.1. The molecule has 0 spiro atoms. The number of benzene rings is 1. The Kier molecular flexibility index (Phi) is 3.71. The second-order valence-corrected chi connectivity index (χ2v) is 4.04. The Morgan fingerprint density at radius 2 is 2.20 bits per heavy atom. The Balaban J connectivity index is 2.20. The fourth-order valence-corrected chi connectivity index (χ4v) is 1.94. The van der Waals surface area contributed by atoms with Crippen molar-refractivity contribution in [2.24, 2.45) is 5.11 Å². The molecule has 6 nitrogen and oxygen atoms in total. The first-order chi connectivity index (χ1) is 9.40. The van der Waals surface area contributed by atoms with Crippen LogP contribution in [0.4, 0.5) is 18.9 Å². The lowest BCUT2D eigenvalue weighted by atomic mass is 10.2. The van der Waals surface area contributed by atoms with E-state index >= 15 is 0 Å². The molecule has 2 rings (SSSR count). The van der Waals surface area contributed by atoms with E-state index in [0.29, 0.717) is 6.42 Å². The van der Waals surface area contributed by atoms with Crippen LogP contribution in [-0.2, 0) is 4.79 Å². The quantitative estimate of drug-likeness (QED) is 0.486. The second-order valence-electron chi connectivity index (χ2n) is 4.04. The average Bonchev–Trinajstić information content (AvgIpc) is 2.70. The number of halogens is 3. The molecule has 1 amide bonds. The van der Waals surface area contributed by atoms with Crippen molar-refractivity contribution in [3.05, 3.63) is 34.7 Å². The van der Waals surface area contributed by atoms with E-state index in [1.54, 1.807) is 0 Å². The minimum atomic E-state index is -4.79. The smallest absolute Gasteiger partial charge is 0.406 e. The molecule has 0 bridgehead atoms. The van der Waals surface area contributed by atoms with Gasteiger partial charge in [0, 0.05) is 23.2 Å². The molecule has 106 valence electrons. The lowest BCUT2D eigenvalue weighted by Gasteiger charge is -2.17. The summed E-state index contributed by atoms with van der Waals surface area (Å²) >= 11 is 0. The van der Waals surface area contributed by atoms with Crippen LogP contribution in [0.5, 0.6) is 5.75 Å². The highest BCUT2D eigenvalue weighted by Gasteiger charge is 2.33. The zero-order valence-electron chi connectivity index (χ0n) is 10.0. The van der Waals surface area contributed by atoms with Crippen LogP contribution >= 0.6 is 0 Å². The Bertz CT molecular complexity index is 569. The third kappa shape index (κ3) is 3.12. The number of ether oxygens (including phenoxy) is 1. The van der Waals surface area contributed by atoms with Gasteiger partial charge in [-0.1, -0.05) is 11.2 Å². The number of anilines is 1. The molecule has 1 unspecified atom stereocenters. The number of azide groups is 1. The van der Waals surface area contributed by atoms with E-state index in [0.717, 1.165) is 12.1 Å². The summed E-state index contributed by atoms with van der Waals surface area (Å²) in [6.45, 7) is 0.276. The second kappa shape index (κ2) is 5.30. The fourth-order valence-electron chi connectivity index (χ4n) is 1.94. The summed E-state index contributed by atoms with van der Waals surface area (Å²) in [6, 6.07) is 4.28. The topological polar surface area (TPSA) is 78.3 Å². The van der Waals surface area contributed by atoms with Gasteiger partial charge in [0.2, 0.25) is 5.91 Å². The molecule has 1 fully saturated rings. The van der Waals surface area contributed by atoms with Crippen molar-refractivity contribution in [1.29, 1.82) is 0 Å². The third-order valence-corrected chi connectivity index (χ3v) is 2.73. The Morgan fingerprint density at radius 3 is 2.85 bits per heavy atom. The number of hydrogen-bond donors (Lipinski definition) is 0. The molecular formula is C11H9F3N4O2. The lowest BCUT2D eigenvalue weighted by Crippen LogP contribution is -2.28. The highest BCUT2D eigenvalue weighted by atomic mass is 19.4. The number of carbonyl (C=O) groups excluding carboxylic acids is 1. The summed E-state index contributed by atoms with van der Waals surface area (Å²) in [5, 5.41) is 3.34. The molecule has 0 N–H and O–H groups in total. The molecular weight excluding hydrogens is 277 g/mol. The molecule has 1 aromatic rings. The van der Waals surface area contributed by atoms with Crippen LogP contribution in [0.15, 0.2) is 29.4 Å². The van der Waals surface area contributed by atoms with Crippen molar-refractivity contribution >= 4 is 11.6 Å². The molecule has 1 saturated heterocycles. The molecule has 1 heterocycles. The summed E-state index contributed by atoms with van der Waals surface area (Å²) in [5.41, 5.74) is 8.59. The summed E-state index contributed by atoms with van der Waals surface area (Å²) in [5.74, 6) is -0.845. The first kappa shape index (κ1) is 14.0. The van der Waals surface area contributed by atoms with Crippen molar-refractivity contribution in [1.82, 2.24) is 0 Å². The van der Waals surface area contributed by atoms with Crippen LogP contribution in [0.3, 0.4) is 0 Å². The summed E-state index contributed by atoms with van der Waals surface area (Å²) in [4.78, 5) is 15.7. The van der Waals surface area contributed by atoms with Gasteiger partial charge >= 0.3 is 6.36 Å². The van der Waals surface area contributed by atoms with Gasteiger partial charge in [0.05, 0.1) is 0 Å². The Hall–Kier alpha value is -2.41. The molecule has 0 radical (unpaired) electrons. The van der Waals surface area contributed by atoms with Gasteiger partial charge < -0.3 is 9.64 Å². The molecule has 1 aromatic carbocycles. The van der Waals surface area contributed by atoms with Crippen LogP contribution in [-0.4, -0.2) is 24.9 Å². The standard InChI is InChI=1S/C11H9F3N4O2/c12-11(13,14)20-8-3-1-2-7(6-8)18-5-4-9(10(18)19)16-17-15/h1-3,6,9H,4-5H2. The number of rotatable bonds is 3. The number of alkyl halides is 3. The molecule has 0 aliphatic carbocycles. The zero-order chi connectivity index (χ0) is 14.8. The summed E-state index contributed by atoms with van der Waals surface area (Å²) in [7, 11) is 0. The highest BCUT2D eigenvalue weighted by Crippen LogP contribution is 2.29. The molecule has 1 aliphatic heterocycles. The maximum Gasteiger partial charge on any atom is 0.573 e. The number of carbonyl (C=O) groups is 1. The van der Waals surface area contributed by atoms with E-state index in [2.05, 4.69) is 14.8 Å². The van der Waals surface area contributed by atoms with Crippen molar-refractivity contribution in [3.63, 3.8) is 0 Å². The van der Waals surface area contributed by atoms with E-state index in [9.17, 15) is 18.0 Å². The van der Waals surface area contributed by atoms with Crippen molar-refractivity contribution < 1.29 is 22.7 Å². The monoisotopic (exact) mass is 286 g/mol. The highest BCUT2D eigenvalue weighted by molar-refractivity contribution is 5.99. The molecule has 9 heteroatoms. The normalized spacial score (nSPS) is 18.9. The maximum atomic E-state index is 12.1. The molecule has 1 atom stereocenters. The largest absolute Gasteiger partial charge is 0.573 e. The van der Waals surface area contributed by atoms with Crippen LogP contribution in [0.2, 0.25) is 0 Å². The van der Waals surface area contributed by atoms with Gasteiger partial charge in [0.15, 0.2) is 0 Å². The SMILES string of the molecule is [N-]=[N+]=NC1CCN(c2cccc(OC(F)(F)F)c2)C1=O. The van der Waals surface area contributed by atoms with Gasteiger partial charge in [0.1, 0.15) is 11.8 Å². The third-order valence-electron chi connectivity index (χ3n) is 2.73. The van der Waals surface area contributed by atoms with E-state index in [-0.39, 0.29) is 12.2 Å². The minimum Gasteiger partial charge on any atom is -0.406 e. The van der Waals surface area contributed by atoms with Gasteiger partial charge in [-0.05, 0) is 24.1 Å². The van der Waals surface area contributed by atoms with Gasteiger partial charge in [0.25, 0.3) is 0 Å². The van der Waals surface area contributed by atoms with E-state index in [1.165, 1.54) is 17.0 Å². The van der Waals surface area contributed by atoms with E-state index < -0.39 is 24.1 Å². The van der Waals surface area contributed by atoms with Crippen LogP contribution in [0.25, 0.3) is 10.4 Å². The Morgan fingerprint density at radius 1 is 1.45 bits per heavy atom. The van der Waals surface area contributed by atoms with Gasteiger partial charge in [-0.15, -0.1) is 13.2 Å². The van der Waals surface area contributed by atoms with E-state index in [1.807, 2.05) is 0 Å². The van der Waals surface area contributed by atoms with E-state index in [4.69, 9.17) is 5.53 Å². The minimum absolute atomic E-state index is 0.271. The van der Waals surface area contributed by atoms with Gasteiger partial charge in [-0.2, -0.15) is 0 Å². The predicted molar refractivity (Wildman–Crippen MR) is 63.0 cm³/mol. The predicted octanol–water partition coefficient (Wildman–Crippen LogP) is 3.00. The molecule has 0 aromatic heterocycles. The van der Waals surface area contributed by atoms with Crippen LogP contribution in [0, 0.1) is 0 Å². The van der Waals surface area contributed by atoms with Crippen molar-refractivity contribution in [3.8, 4) is 5.75 Å². The summed E-state index contributed by atoms with van der Waals surface area (Å²) < 4.78 is 40.2. The van der Waals surface area contributed by atoms with Crippen molar-refractivity contribution in [2.75, 3.05) is 11.4 Å². The first-order valence-corrected chi connectivity index (χ1v) is 5.62. The number of amides is 1. The molecule has 1 aliphatic rings. The number of hydrogen-bond acceptors (Lipinski definition) is 3. The van der Waals surface area contributed by atoms with Gasteiger partial charge in [-0.3, -0.25) is 4.79 Å². The van der Waals surface area contributed by atoms with Gasteiger partial charge in [-0.25, -0.2) is 0 Å². The number of nitrogens with zero attached hydrogens (tertiary/aromatic N) is 4. The fraction of sp³-hybridized carbons (Fsp3) is 0.364. The van der Waals surface area contributed by atoms with Crippen LogP contribution < -0.4 is 9.64 Å². The molecule has 0 saturated carbocycles. The average molecular weight is 286 g/mol. The summed E-state index contributed by atoms with van der Waals surface area (Å²) in [6.07, 6.45) is -4.46.